The quantitative estimate of drug-likeness (QED) is 0.899. The number of rotatable bonds is 3. The van der Waals surface area contributed by atoms with Gasteiger partial charge in [0.1, 0.15) is 0 Å². The third-order valence-electron chi connectivity index (χ3n) is 3.76. The first-order valence-electron chi connectivity index (χ1n) is 7.03. The molecular weight excluding hydrogens is 295 g/mol. The number of halogens is 2. The number of nitrogens with zero attached hydrogens (tertiary/aromatic N) is 1. The van der Waals surface area contributed by atoms with Crippen molar-refractivity contribution in [3.8, 4) is 0 Å². The number of nitrogens with one attached hydrogen (secondary N) is 1. The molecule has 1 aliphatic heterocycles. The van der Waals surface area contributed by atoms with Gasteiger partial charge in [-0.25, -0.2) is 4.79 Å². The first-order valence-corrected chi connectivity index (χ1v) is 7.78. The Labute approximate surface area is 130 Å². The molecule has 0 aromatic heterocycles. The molecule has 110 valence electrons. The molecule has 0 unspecified atom stereocenters. The highest BCUT2D eigenvalue weighted by atomic mass is 35.5. The zero-order chi connectivity index (χ0) is 14.5. The summed E-state index contributed by atoms with van der Waals surface area (Å²) in [6.07, 6.45) is 2.90. The Morgan fingerprint density at radius 1 is 1.35 bits per heavy atom. The Morgan fingerprint density at radius 2 is 2.05 bits per heavy atom. The van der Waals surface area contributed by atoms with Crippen LogP contribution in [0, 0.1) is 5.92 Å². The Bertz CT molecular complexity index is 471. The van der Waals surface area contributed by atoms with Crippen molar-refractivity contribution in [1.29, 1.82) is 0 Å². The second-order valence-electron chi connectivity index (χ2n) is 5.39. The third-order valence-corrected chi connectivity index (χ3v) is 4.34. The summed E-state index contributed by atoms with van der Waals surface area (Å²) in [4.78, 5) is 13.9. The van der Waals surface area contributed by atoms with Gasteiger partial charge in [0.05, 0.1) is 0 Å². The van der Waals surface area contributed by atoms with Crippen molar-refractivity contribution < 1.29 is 4.79 Å². The molecule has 0 saturated carbocycles. The van der Waals surface area contributed by atoms with Crippen LogP contribution in [0.1, 0.15) is 25.3 Å². The molecule has 0 spiro atoms. The van der Waals surface area contributed by atoms with E-state index in [9.17, 15) is 4.79 Å². The summed E-state index contributed by atoms with van der Waals surface area (Å²) in [5.41, 5.74) is 1.00. The average Bonchev–Trinajstić information content (AvgIpc) is 2.42. The first kappa shape index (κ1) is 15.5. The third kappa shape index (κ3) is 4.29. The maximum atomic E-state index is 12.0. The molecular formula is C15H20Cl2N2O. The van der Waals surface area contributed by atoms with Gasteiger partial charge in [-0.15, -0.1) is 0 Å². The minimum absolute atomic E-state index is 0.0296. The molecule has 0 radical (unpaired) electrons. The van der Waals surface area contributed by atoms with E-state index in [1.165, 1.54) is 0 Å². The highest BCUT2D eigenvalue weighted by molar-refractivity contribution is 6.35. The van der Waals surface area contributed by atoms with Gasteiger partial charge in [-0.2, -0.15) is 0 Å². The Hall–Kier alpha value is -0.930. The number of piperidine rings is 1. The zero-order valence-corrected chi connectivity index (χ0v) is 13.2. The molecule has 5 heteroatoms. The van der Waals surface area contributed by atoms with Crippen LogP contribution in [0.25, 0.3) is 0 Å². The van der Waals surface area contributed by atoms with E-state index in [1.807, 2.05) is 17.0 Å². The summed E-state index contributed by atoms with van der Waals surface area (Å²) in [5, 5.41) is 4.23. The van der Waals surface area contributed by atoms with Crippen molar-refractivity contribution in [1.82, 2.24) is 10.2 Å². The molecule has 1 aromatic rings. The fraction of sp³-hybridized carbons (Fsp3) is 0.533. The van der Waals surface area contributed by atoms with Gasteiger partial charge in [-0.05, 0) is 42.9 Å². The second-order valence-corrected chi connectivity index (χ2v) is 6.23. The van der Waals surface area contributed by atoms with E-state index in [4.69, 9.17) is 23.2 Å². The lowest BCUT2D eigenvalue weighted by atomic mass is 10.00. The molecule has 1 saturated heterocycles. The number of hydrogen-bond donors (Lipinski definition) is 1. The number of hydrogen-bond acceptors (Lipinski definition) is 1. The van der Waals surface area contributed by atoms with Gasteiger partial charge in [0.15, 0.2) is 0 Å². The standard InChI is InChI=1S/C15H20Cl2N2O/c1-11-5-8-19(9-6-11)15(20)18-7-4-12-2-3-13(16)10-14(12)17/h2-3,10-11H,4-9H2,1H3,(H,18,20). The van der Waals surface area contributed by atoms with E-state index in [2.05, 4.69) is 12.2 Å². The van der Waals surface area contributed by atoms with E-state index >= 15 is 0 Å². The van der Waals surface area contributed by atoms with Crippen molar-refractivity contribution in [3.05, 3.63) is 33.8 Å². The number of benzene rings is 1. The van der Waals surface area contributed by atoms with Crippen LogP contribution in [0.2, 0.25) is 10.0 Å². The Balaban J connectivity index is 1.76. The summed E-state index contributed by atoms with van der Waals surface area (Å²) in [7, 11) is 0. The summed E-state index contributed by atoms with van der Waals surface area (Å²) in [6.45, 7) is 4.54. The fourth-order valence-corrected chi connectivity index (χ4v) is 2.85. The van der Waals surface area contributed by atoms with Gasteiger partial charge >= 0.3 is 6.03 Å². The lowest BCUT2D eigenvalue weighted by Gasteiger charge is -2.30. The molecule has 1 fully saturated rings. The van der Waals surface area contributed by atoms with Crippen molar-refractivity contribution in [2.24, 2.45) is 5.92 Å². The van der Waals surface area contributed by atoms with Crippen LogP contribution in [-0.2, 0) is 6.42 Å². The largest absolute Gasteiger partial charge is 0.338 e. The number of amides is 2. The smallest absolute Gasteiger partial charge is 0.317 e. The van der Waals surface area contributed by atoms with Crippen LogP contribution >= 0.6 is 23.2 Å². The molecule has 0 aliphatic carbocycles. The van der Waals surface area contributed by atoms with Gasteiger partial charge in [0.25, 0.3) is 0 Å². The molecule has 1 aromatic carbocycles. The van der Waals surface area contributed by atoms with Crippen molar-refractivity contribution in [3.63, 3.8) is 0 Å². The van der Waals surface area contributed by atoms with E-state index < -0.39 is 0 Å². The normalized spacial score (nSPS) is 16.2. The Morgan fingerprint density at radius 3 is 2.70 bits per heavy atom. The van der Waals surface area contributed by atoms with E-state index in [0.29, 0.717) is 23.0 Å². The van der Waals surface area contributed by atoms with Crippen LogP contribution in [0.5, 0.6) is 0 Å². The highest BCUT2D eigenvalue weighted by Crippen LogP contribution is 2.21. The van der Waals surface area contributed by atoms with Gasteiger partial charge in [0.2, 0.25) is 0 Å². The number of carbonyl (C=O) groups is 1. The predicted octanol–water partition coefficient (Wildman–Crippen LogP) is 3.98. The molecule has 1 heterocycles. The minimum atomic E-state index is 0.0296. The maximum Gasteiger partial charge on any atom is 0.317 e. The lowest BCUT2D eigenvalue weighted by molar-refractivity contribution is 0.174. The van der Waals surface area contributed by atoms with Gasteiger partial charge in [0, 0.05) is 29.7 Å². The number of carbonyl (C=O) groups excluding carboxylic acids is 1. The average molecular weight is 315 g/mol. The fourth-order valence-electron chi connectivity index (χ4n) is 2.35. The molecule has 2 amide bonds. The van der Waals surface area contributed by atoms with Crippen LogP contribution < -0.4 is 5.32 Å². The summed E-state index contributed by atoms with van der Waals surface area (Å²) >= 11 is 12.0. The zero-order valence-electron chi connectivity index (χ0n) is 11.7. The van der Waals surface area contributed by atoms with Crippen LogP contribution in [0.4, 0.5) is 4.79 Å². The topological polar surface area (TPSA) is 32.3 Å². The van der Waals surface area contributed by atoms with Crippen LogP contribution in [0.15, 0.2) is 18.2 Å². The van der Waals surface area contributed by atoms with Crippen molar-refractivity contribution in [2.45, 2.75) is 26.2 Å². The van der Waals surface area contributed by atoms with Crippen molar-refractivity contribution >= 4 is 29.2 Å². The molecule has 0 bridgehead atoms. The van der Waals surface area contributed by atoms with Crippen molar-refractivity contribution in [2.75, 3.05) is 19.6 Å². The molecule has 20 heavy (non-hydrogen) atoms. The minimum Gasteiger partial charge on any atom is -0.338 e. The number of urea groups is 1. The Kier molecular flexibility index (Phi) is 5.55. The summed E-state index contributed by atoms with van der Waals surface area (Å²) < 4.78 is 0. The highest BCUT2D eigenvalue weighted by Gasteiger charge is 2.19. The van der Waals surface area contributed by atoms with E-state index in [1.54, 1.807) is 6.07 Å². The van der Waals surface area contributed by atoms with E-state index in [0.717, 1.165) is 37.4 Å². The molecule has 3 nitrogen and oxygen atoms in total. The lowest BCUT2D eigenvalue weighted by Crippen LogP contribution is -2.44. The number of likely N-dealkylation sites (tertiary alicyclic amines) is 1. The summed E-state index contributed by atoms with van der Waals surface area (Å²) in [5.74, 6) is 0.729. The monoisotopic (exact) mass is 314 g/mol. The summed E-state index contributed by atoms with van der Waals surface area (Å²) in [6, 6.07) is 5.48. The van der Waals surface area contributed by atoms with Gasteiger partial charge < -0.3 is 10.2 Å². The SMILES string of the molecule is CC1CCN(C(=O)NCCc2ccc(Cl)cc2Cl)CC1. The van der Waals surface area contributed by atoms with Gasteiger partial charge in [-0.1, -0.05) is 36.2 Å². The van der Waals surface area contributed by atoms with E-state index in [-0.39, 0.29) is 6.03 Å². The predicted molar refractivity (Wildman–Crippen MR) is 83.5 cm³/mol. The molecule has 2 rings (SSSR count). The molecule has 1 N–H and O–H groups in total. The molecule has 0 atom stereocenters. The van der Waals surface area contributed by atoms with Crippen LogP contribution in [0.3, 0.4) is 0 Å². The van der Waals surface area contributed by atoms with Gasteiger partial charge in [-0.3, -0.25) is 0 Å². The van der Waals surface area contributed by atoms with Crippen LogP contribution in [-0.4, -0.2) is 30.6 Å². The molecule has 1 aliphatic rings. The second kappa shape index (κ2) is 7.19. The maximum absolute atomic E-state index is 12.0. The first-order chi connectivity index (χ1) is 9.56.